The van der Waals surface area contributed by atoms with Crippen molar-refractivity contribution in [2.75, 3.05) is 13.2 Å². The van der Waals surface area contributed by atoms with Crippen LogP contribution in [0.15, 0.2) is 35.4 Å². The van der Waals surface area contributed by atoms with Gasteiger partial charge in [-0.3, -0.25) is 23.9 Å². The van der Waals surface area contributed by atoms with Gasteiger partial charge in [0, 0.05) is 13.1 Å². The Morgan fingerprint density at radius 3 is 2.35 bits per heavy atom. The second-order valence-corrected chi connectivity index (χ2v) is 8.78. The monoisotopic (exact) mass is 439 g/mol. The molecule has 31 heavy (non-hydrogen) atoms. The van der Waals surface area contributed by atoms with Crippen LogP contribution in [0.25, 0.3) is 10.2 Å². The topological polar surface area (TPSA) is 98.6 Å². The number of hydrogen-bond acceptors (Lipinski definition) is 7. The molecule has 9 heteroatoms. The summed E-state index contributed by atoms with van der Waals surface area (Å²) < 4.78 is 6.65. The molecule has 3 aromatic rings. The second-order valence-electron chi connectivity index (χ2n) is 7.78. The van der Waals surface area contributed by atoms with Gasteiger partial charge in [0.1, 0.15) is 9.71 Å². The number of rotatable bonds is 6. The SMILES string of the molecule is Cc1c(C(=O)OCC(C)C)sc2ncn(CCN3C(=O)c4ccccc4C3=O)c(=O)c12. The van der Waals surface area contributed by atoms with Gasteiger partial charge in [-0.15, -0.1) is 11.3 Å². The Labute approximate surface area is 182 Å². The number of carbonyl (C=O) groups excluding carboxylic acids is 3. The summed E-state index contributed by atoms with van der Waals surface area (Å²) in [6, 6.07) is 6.64. The van der Waals surface area contributed by atoms with Gasteiger partial charge in [-0.1, -0.05) is 26.0 Å². The summed E-state index contributed by atoms with van der Waals surface area (Å²) in [5.74, 6) is -1.00. The third kappa shape index (κ3) is 3.65. The number of aromatic nitrogens is 2. The number of aryl methyl sites for hydroxylation is 1. The highest BCUT2D eigenvalue weighted by Gasteiger charge is 2.34. The summed E-state index contributed by atoms with van der Waals surface area (Å²) in [5.41, 5.74) is 0.943. The molecule has 0 radical (unpaired) electrons. The second kappa shape index (κ2) is 8.07. The van der Waals surface area contributed by atoms with Crippen LogP contribution in [-0.2, 0) is 11.3 Å². The van der Waals surface area contributed by atoms with Crippen LogP contribution in [0.2, 0.25) is 0 Å². The molecule has 3 heterocycles. The first-order valence-electron chi connectivity index (χ1n) is 9.90. The average Bonchev–Trinajstić information content (AvgIpc) is 3.21. The van der Waals surface area contributed by atoms with Crippen LogP contribution in [0.4, 0.5) is 0 Å². The van der Waals surface area contributed by atoms with Crippen molar-refractivity contribution in [1.29, 1.82) is 0 Å². The summed E-state index contributed by atoms with van der Waals surface area (Å²) in [5, 5.41) is 0.353. The van der Waals surface area contributed by atoms with Crippen LogP contribution in [-0.4, -0.2) is 45.4 Å². The maximum atomic E-state index is 13.0. The molecule has 0 N–H and O–H groups in total. The number of thiophene rings is 1. The zero-order valence-electron chi connectivity index (χ0n) is 17.4. The maximum absolute atomic E-state index is 13.0. The number of amides is 2. The molecule has 0 atom stereocenters. The smallest absolute Gasteiger partial charge is 0.348 e. The van der Waals surface area contributed by atoms with Crippen LogP contribution in [0, 0.1) is 12.8 Å². The van der Waals surface area contributed by atoms with Crippen LogP contribution in [0.1, 0.15) is 49.8 Å². The molecule has 2 amide bonds. The predicted molar refractivity (Wildman–Crippen MR) is 116 cm³/mol. The average molecular weight is 439 g/mol. The van der Waals surface area contributed by atoms with Gasteiger partial charge in [0.2, 0.25) is 0 Å². The summed E-state index contributed by atoms with van der Waals surface area (Å²) in [4.78, 5) is 56.7. The van der Waals surface area contributed by atoms with Gasteiger partial charge in [-0.25, -0.2) is 9.78 Å². The van der Waals surface area contributed by atoms with Gasteiger partial charge < -0.3 is 4.74 Å². The van der Waals surface area contributed by atoms with Crippen molar-refractivity contribution in [2.24, 2.45) is 5.92 Å². The number of fused-ring (bicyclic) bond motifs is 2. The van der Waals surface area contributed by atoms with E-state index in [0.717, 1.165) is 16.2 Å². The molecule has 1 aliphatic heterocycles. The molecular formula is C22H21N3O5S. The number of carbonyl (C=O) groups is 3. The van der Waals surface area contributed by atoms with Gasteiger partial charge in [-0.2, -0.15) is 0 Å². The lowest BCUT2D eigenvalue weighted by atomic mass is 10.1. The van der Waals surface area contributed by atoms with E-state index in [-0.39, 0.29) is 36.4 Å². The van der Waals surface area contributed by atoms with E-state index in [1.807, 2.05) is 13.8 Å². The highest BCUT2D eigenvalue weighted by molar-refractivity contribution is 7.20. The summed E-state index contributed by atoms with van der Waals surface area (Å²) in [6.07, 6.45) is 1.38. The van der Waals surface area contributed by atoms with Crippen molar-refractivity contribution in [3.8, 4) is 0 Å². The number of nitrogens with zero attached hydrogens (tertiary/aromatic N) is 3. The van der Waals surface area contributed by atoms with Gasteiger partial charge >= 0.3 is 5.97 Å². The van der Waals surface area contributed by atoms with Crippen LogP contribution < -0.4 is 5.56 Å². The molecule has 0 bridgehead atoms. The van der Waals surface area contributed by atoms with Gasteiger partial charge in [0.25, 0.3) is 17.4 Å². The number of benzene rings is 1. The first kappa shape index (κ1) is 20.9. The van der Waals surface area contributed by atoms with E-state index in [9.17, 15) is 19.2 Å². The van der Waals surface area contributed by atoms with Crippen molar-refractivity contribution in [1.82, 2.24) is 14.5 Å². The molecule has 1 aliphatic rings. The van der Waals surface area contributed by atoms with E-state index in [4.69, 9.17) is 4.74 Å². The molecule has 2 aromatic heterocycles. The Balaban J connectivity index is 1.57. The van der Waals surface area contributed by atoms with Crippen molar-refractivity contribution in [3.05, 3.63) is 62.5 Å². The van der Waals surface area contributed by atoms with E-state index in [1.54, 1.807) is 31.2 Å². The summed E-state index contributed by atoms with van der Waals surface area (Å²) >= 11 is 1.12. The molecule has 160 valence electrons. The maximum Gasteiger partial charge on any atom is 0.348 e. The van der Waals surface area contributed by atoms with Crippen LogP contribution >= 0.6 is 11.3 Å². The van der Waals surface area contributed by atoms with E-state index >= 15 is 0 Å². The van der Waals surface area contributed by atoms with Crippen molar-refractivity contribution >= 4 is 39.3 Å². The molecule has 4 rings (SSSR count). The molecular weight excluding hydrogens is 418 g/mol. The Morgan fingerprint density at radius 2 is 1.74 bits per heavy atom. The fraction of sp³-hybridized carbons (Fsp3) is 0.318. The summed E-state index contributed by atoms with van der Waals surface area (Å²) in [6.45, 7) is 6.04. The fourth-order valence-corrected chi connectivity index (χ4v) is 4.50. The predicted octanol–water partition coefficient (Wildman–Crippen LogP) is 2.88. The van der Waals surface area contributed by atoms with E-state index < -0.39 is 5.97 Å². The number of ether oxygens (including phenoxy) is 1. The lowest BCUT2D eigenvalue weighted by molar-refractivity contribution is 0.0463. The molecule has 0 aliphatic carbocycles. The highest BCUT2D eigenvalue weighted by Crippen LogP contribution is 2.28. The Hall–Kier alpha value is -3.33. The Kier molecular flexibility index (Phi) is 5.45. The third-order valence-electron chi connectivity index (χ3n) is 5.09. The summed E-state index contributed by atoms with van der Waals surface area (Å²) in [7, 11) is 0. The number of imide groups is 1. The first-order valence-corrected chi connectivity index (χ1v) is 10.7. The van der Waals surface area contributed by atoms with Crippen LogP contribution in [0.5, 0.6) is 0 Å². The molecule has 0 spiro atoms. The van der Waals surface area contributed by atoms with E-state index in [2.05, 4.69) is 4.98 Å². The normalized spacial score (nSPS) is 13.4. The van der Waals surface area contributed by atoms with E-state index in [0.29, 0.717) is 38.4 Å². The zero-order valence-corrected chi connectivity index (χ0v) is 18.2. The number of esters is 1. The molecule has 0 saturated heterocycles. The van der Waals surface area contributed by atoms with Crippen molar-refractivity contribution in [3.63, 3.8) is 0 Å². The highest BCUT2D eigenvalue weighted by atomic mass is 32.1. The number of hydrogen-bond donors (Lipinski definition) is 0. The minimum Gasteiger partial charge on any atom is -0.461 e. The standard InChI is InChI=1S/C22H21N3O5S/c1-12(2)10-30-22(29)17-13(3)16-18(31-17)23-11-24(21(16)28)8-9-25-19(26)14-6-4-5-7-15(14)20(25)27/h4-7,11-12H,8-10H2,1-3H3. The Bertz CT molecular complexity index is 1240. The first-order chi connectivity index (χ1) is 14.8. The van der Waals surface area contributed by atoms with Crippen molar-refractivity contribution < 1.29 is 19.1 Å². The molecule has 0 saturated carbocycles. The lowest BCUT2D eigenvalue weighted by Gasteiger charge is -2.14. The molecule has 1 aromatic carbocycles. The van der Waals surface area contributed by atoms with Gasteiger partial charge in [0.15, 0.2) is 0 Å². The van der Waals surface area contributed by atoms with Gasteiger partial charge in [-0.05, 0) is 30.5 Å². The van der Waals surface area contributed by atoms with Gasteiger partial charge in [0.05, 0.1) is 29.4 Å². The minimum absolute atomic E-state index is 0.0475. The quantitative estimate of drug-likeness (QED) is 0.433. The van der Waals surface area contributed by atoms with Crippen LogP contribution in [0.3, 0.4) is 0 Å². The largest absolute Gasteiger partial charge is 0.461 e. The molecule has 0 unspecified atom stereocenters. The minimum atomic E-state index is -0.467. The molecule has 8 nitrogen and oxygen atoms in total. The molecule has 0 fully saturated rings. The Morgan fingerprint density at radius 1 is 1.10 bits per heavy atom. The van der Waals surface area contributed by atoms with Crippen molar-refractivity contribution in [2.45, 2.75) is 27.3 Å². The lowest BCUT2D eigenvalue weighted by Crippen LogP contribution is -2.35. The third-order valence-corrected chi connectivity index (χ3v) is 6.27. The fourth-order valence-electron chi connectivity index (χ4n) is 3.47. The van der Waals surface area contributed by atoms with E-state index in [1.165, 1.54) is 10.9 Å². The zero-order chi connectivity index (χ0) is 22.3.